The van der Waals surface area contributed by atoms with Crippen LogP contribution in [0, 0.1) is 18.6 Å². The van der Waals surface area contributed by atoms with Crippen molar-refractivity contribution in [3.63, 3.8) is 0 Å². The number of halogens is 3. The lowest BCUT2D eigenvalue weighted by Gasteiger charge is -2.31. The maximum Gasteiger partial charge on any atom is 0.326 e. The number of hydrogen-bond donors (Lipinski definition) is 1. The standard InChI is InChI=1S/C20H17BrF2N2O3/c1-11-7-14(21)17(10-19(11)28-2)24-20(27)25-6-5-13(26)9-18(25)12-3-4-15(22)16(23)8-12/h3-8,10,18H,9H2,1-2H3,(H,24,27)/t18-/m0/s1. The molecule has 28 heavy (non-hydrogen) atoms. The molecule has 0 saturated heterocycles. The van der Waals surface area contributed by atoms with E-state index in [1.165, 1.54) is 30.4 Å². The first-order chi connectivity index (χ1) is 13.3. The molecule has 2 aromatic carbocycles. The lowest BCUT2D eigenvalue weighted by molar-refractivity contribution is -0.116. The number of urea groups is 1. The monoisotopic (exact) mass is 450 g/mol. The Balaban J connectivity index is 1.91. The average molecular weight is 451 g/mol. The van der Waals surface area contributed by atoms with Crippen molar-refractivity contribution in [2.45, 2.75) is 19.4 Å². The molecule has 0 unspecified atom stereocenters. The normalized spacial score (nSPS) is 16.2. The zero-order valence-corrected chi connectivity index (χ0v) is 16.7. The number of nitrogens with one attached hydrogen (secondary N) is 1. The Morgan fingerprint density at radius 3 is 2.68 bits per heavy atom. The number of amides is 2. The summed E-state index contributed by atoms with van der Waals surface area (Å²) in [5, 5.41) is 2.75. The molecule has 0 spiro atoms. The van der Waals surface area contributed by atoms with E-state index in [2.05, 4.69) is 21.2 Å². The number of allylic oxidation sites excluding steroid dienone is 1. The molecule has 3 rings (SSSR count). The SMILES string of the molecule is COc1cc(NC(=O)N2C=CC(=O)C[C@H]2c2ccc(F)c(F)c2)c(Br)cc1C. The van der Waals surface area contributed by atoms with Crippen LogP contribution in [0.5, 0.6) is 5.75 Å². The first-order valence-corrected chi connectivity index (χ1v) is 9.19. The third-order valence-corrected chi connectivity index (χ3v) is 5.10. The van der Waals surface area contributed by atoms with Gasteiger partial charge in [-0.25, -0.2) is 13.6 Å². The fourth-order valence-corrected chi connectivity index (χ4v) is 3.54. The minimum atomic E-state index is -1.04. The summed E-state index contributed by atoms with van der Waals surface area (Å²) in [6, 6.07) is 5.53. The van der Waals surface area contributed by atoms with Gasteiger partial charge in [-0.15, -0.1) is 0 Å². The second kappa shape index (κ2) is 8.10. The van der Waals surface area contributed by atoms with Gasteiger partial charge < -0.3 is 10.1 Å². The summed E-state index contributed by atoms with van der Waals surface area (Å²) in [5.74, 6) is -1.64. The zero-order valence-electron chi connectivity index (χ0n) is 15.1. The highest BCUT2D eigenvalue weighted by molar-refractivity contribution is 9.10. The number of benzene rings is 2. The first-order valence-electron chi connectivity index (χ1n) is 8.39. The van der Waals surface area contributed by atoms with Crippen LogP contribution < -0.4 is 10.1 Å². The second-order valence-electron chi connectivity index (χ2n) is 6.31. The van der Waals surface area contributed by atoms with Crippen molar-refractivity contribution in [3.05, 3.63) is 69.8 Å². The van der Waals surface area contributed by atoms with Crippen molar-refractivity contribution < 1.29 is 23.1 Å². The van der Waals surface area contributed by atoms with Gasteiger partial charge in [-0.2, -0.15) is 0 Å². The van der Waals surface area contributed by atoms with Gasteiger partial charge in [0.15, 0.2) is 17.4 Å². The number of nitrogens with zero attached hydrogens (tertiary/aromatic N) is 1. The Bertz CT molecular complexity index is 978. The number of ketones is 1. The lowest BCUT2D eigenvalue weighted by Crippen LogP contribution is -2.37. The van der Waals surface area contributed by atoms with Gasteiger partial charge in [0.25, 0.3) is 0 Å². The minimum absolute atomic E-state index is 0.0343. The van der Waals surface area contributed by atoms with E-state index in [0.29, 0.717) is 21.5 Å². The van der Waals surface area contributed by atoms with Crippen LogP contribution in [0.1, 0.15) is 23.6 Å². The number of aryl methyl sites for hydroxylation is 1. The van der Waals surface area contributed by atoms with E-state index in [4.69, 9.17) is 4.74 Å². The molecule has 0 fully saturated rings. The van der Waals surface area contributed by atoms with E-state index >= 15 is 0 Å². The fourth-order valence-electron chi connectivity index (χ4n) is 2.98. The summed E-state index contributed by atoms with van der Waals surface area (Å²) in [6.45, 7) is 1.87. The molecule has 0 bridgehead atoms. The topological polar surface area (TPSA) is 58.6 Å². The van der Waals surface area contributed by atoms with Crippen LogP contribution in [0.2, 0.25) is 0 Å². The second-order valence-corrected chi connectivity index (χ2v) is 7.17. The summed E-state index contributed by atoms with van der Waals surface area (Å²) in [5.41, 5.74) is 1.68. The van der Waals surface area contributed by atoms with Crippen LogP contribution in [0.4, 0.5) is 19.3 Å². The molecule has 1 atom stereocenters. The Kier molecular flexibility index (Phi) is 5.79. The van der Waals surface area contributed by atoms with E-state index < -0.39 is 23.7 Å². The predicted octanol–water partition coefficient (Wildman–Crippen LogP) is 5.11. The minimum Gasteiger partial charge on any atom is -0.496 e. The highest BCUT2D eigenvalue weighted by Crippen LogP contribution is 2.33. The van der Waals surface area contributed by atoms with Crippen LogP contribution in [-0.4, -0.2) is 23.8 Å². The van der Waals surface area contributed by atoms with Gasteiger partial charge in [0, 0.05) is 23.2 Å². The van der Waals surface area contributed by atoms with Crippen molar-refractivity contribution in [1.82, 2.24) is 4.90 Å². The quantitative estimate of drug-likeness (QED) is 0.706. The number of hydrogen-bond acceptors (Lipinski definition) is 3. The van der Waals surface area contributed by atoms with Gasteiger partial charge in [0.1, 0.15) is 5.75 Å². The van der Waals surface area contributed by atoms with Crippen LogP contribution in [0.3, 0.4) is 0 Å². The highest BCUT2D eigenvalue weighted by atomic mass is 79.9. The molecular weight excluding hydrogens is 434 g/mol. The molecule has 1 aliphatic rings. The van der Waals surface area contributed by atoms with Crippen molar-refractivity contribution in [3.8, 4) is 5.75 Å². The molecule has 0 saturated carbocycles. The molecule has 2 amide bonds. The number of rotatable bonds is 3. The van der Waals surface area contributed by atoms with Crippen molar-refractivity contribution in [2.24, 2.45) is 0 Å². The summed E-state index contributed by atoms with van der Waals surface area (Å²) in [6.07, 6.45) is 2.58. The Morgan fingerprint density at radius 1 is 1.25 bits per heavy atom. The molecule has 2 aromatic rings. The largest absolute Gasteiger partial charge is 0.496 e. The number of anilines is 1. The Morgan fingerprint density at radius 2 is 2.00 bits per heavy atom. The third kappa shape index (κ3) is 4.06. The van der Waals surface area contributed by atoms with Crippen molar-refractivity contribution >= 4 is 33.4 Å². The van der Waals surface area contributed by atoms with E-state index in [9.17, 15) is 18.4 Å². The summed E-state index contributed by atoms with van der Waals surface area (Å²) >= 11 is 3.40. The van der Waals surface area contributed by atoms with Gasteiger partial charge in [-0.3, -0.25) is 9.69 Å². The Hall–Kier alpha value is -2.74. The van der Waals surface area contributed by atoms with Gasteiger partial charge in [0.05, 0.1) is 18.8 Å². The number of ether oxygens (including phenoxy) is 1. The number of methoxy groups -OCH3 is 1. The van der Waals surface area contributed by atoms with Gasteiger partial charge in [-0.05, 0) is 58.3 Å². The summed E-state index contributed by atoms with van der Waals surface area (Å²) in [4.78, 5) is 26.0. The lowest BCUT2D eigenvalue weighted by atomic mass is 9.97. The molecule has 0 radical (unpaired) electrons. The molecule has 146 valence electrons. The molecular formula is C20H17BrF2N2O3. The van der Waals surface area contributed by atoms with Gasteiger partial charge >= 0.3 is 6.03 Å². The van der Waals surface area contributed by atoms with Crippen molar-refractivity contribution in [2.75, 3.05) is 12.4 Å². The smallest absolute Gasteiger partial charge is 0.326 e. The maximum atomic E-state index is 13.7. The predicted molar refractivity (Wildman–Crippen MR) is 104 cm³/mol. The molecule has 5 nitrogen and oxygen atoms in total. The van der Waals surface area contributed by atoms with Crippen LogP contribution >= 0.6 is 15.9 Å². The molecule has 1 N–H and O–H groups in total. The molecule has 0 aliphatic carbocycles. The van der Waals surface area contributed by atoms with E-state index in [1.807, 2.05) is 6.92 Å². The zero-order chi connectivity index (χ0) is 20.4. The average Bonchev–Trinajstić information content (AvgIpc) is 2.66. The summed E-state index contributed by atoms with van der Waals surface area (Å²) < 4.78 is 32.9. The van der Waals surface area contributed by atoms with Crippen LogP contribution in [0.25, 0.3) is 0 Å². The van der Waals surface area contributed by atoms with Crippen LogP contribution in [-0.2, 0) is 4.79 Å². The van der Waals surface area contributed by atoms with E-state index in [1.54, 1.807) is 12.1 Å². The summed E-state index contributed by atoms with van der Waals surface area (Å²) in [7, 11) is 1.53. The molecule has 1 heterocycles. The van der Waals surface area contributed by atoms with Gasteiger partial charge in [-0.1, -0.05) is 6.07 Å². The van der Waals surface area contributed by atoms with Crippen molar-refractivity contribution in [1.29, 1.82) is 0 Å². The number of carbonyl (C=O) groups is 2. The van der Waals surface area contributed by atoms with E-state index in [0.717, 1.165) is 17.7 Å². The molecule has 0 aromatic heterocycles. The number of carbonyl (C=O) groups excluding carboxylic acids is 2. The maximum absolute atomic E-state index is 13.7. The van der Waals surface area contributed by atoms with E-state index in [-0.39, 0.29) is 12.2 Å². The fraction of sp³-hybridized carbons (Fsp3) is 0.200. The third-order valence-electron chi connectivity index (χ3n) is 4.44. The highest BCUT2D eigenvalue weighted by Gasteiger charge is 2.29. The first kappa shape index (κ1) is 20.0. The molecule has 8 heteroatoms. The molecule has 1 aliphatic heterocycles. The Labute approximate surface area is 169 Å². The van der Waals surface area contributed by atoms with Gasteiger partial charge in [0.2, 0.25) is 0 Å². The van der Waals surface area contributed by atoms with Crippen LogP contribution in [0.15, 0.2) is 47.1 Å².